The lowest BCUT2D eigenvalue weighted by atomic mass is 10.3. The van der Waals surface area contributed by atoms with Gasteiger partial charge in [0.05, 0.1) is 0 Å². The summed E-state index contributed by atoms with van der Waals surface area (Å²) in [6.45, 7) is 1.07. The minimum absolute atomic E-state index is 0.478. The Bertz CT molecular complexity index is 544. The molecule has 1 aromatic carbocycles. The van der Waals surface area contributed by atoms with Crippen molar-refractivity contribution in [2.45, 2.75) is 17.9 Å². The molecular weight excluding hydrogens is 256 g/mol. The number of hydrogen-bond acceptors (Lipinski definition) is 3. The van der Waals surface area contributed by atoms with Gasteiger partial charge in [-0.3, -0.25) is 4.79 Å². The summed E-state index contributed by atoms with van der Waals surface area (Å²) in [5.41, 5.74) is 0. The quantitative estimate of drug-likeness (QED) is 0.840. The smallest absolute Gasteiger partial charge is 0.321 e. The number of hydrogen-bond donors (Lipinski definition) is 2. The van der Waals surface area contributed by atoms with Crippen LogP contribution in [0.15, 0.2) is 23.1 Å². The Labute approximate surface area is 96.1 Å². The zero-order valence-electron chi connectivity index (χ0n) is 8.65. The highest BCUT2D eigenvalue weighted by molar-refractivity contribution is 7.89. The molecule has 0 unspecified atom stereocenters. The van der Waals surface area contributed by atoms with Gasteiger partial charge in [-0.05, 0) is 25.1 Å². The average Bonchev–Trinajstić information content (AvgIpc) is 2.20. The summed E-state index contributed by atoms with van der Waals surface area (Å²) >= 11 is 0. The predicted octanol–water partition coefficient (Wildman–Crippen LogP) is 0.716. The molecule has 5 nitrogen and oxygen atoms in total. The van der Waals surface area contributed by atoms with Crippen molar-refractivity contribution in [1.29, 1.82) is 0 Å². The van der Waals surface area contributed by atoms with E-state index in [2.05, 4.69) is 0 Å². The number of carboxylic acids is 1. The van der Waals surface area contributed by atoms with Gasteiger partial charge in [0, 0.05) is 0 Å². The second kappa shape index (κ2) is 4.76. The van der Waals surface area contributed by atoms with Gasteiger partial charge in [0.2, 0.25) is 10.0 Å². The maximum atomic E-state index is 13.2. The van der Waals surface area contributed by atoms with Crippen molar-refractivity contribution in [2.24, 2.45) is 0 Å². The maximum absolute atomic E-state index is 13.2. The van der Waals surface area contributed by atoms with Crippen molar-refractivity contribution in [2.75, 3.05) is 0 Å². The minimum atomic E-state index is -4.40. The molecule has 0 radical (unpaired) electrons. The molecule has 0 aliphatic heterocycles. The molecule has 17 heavy (non-hydrogen) atoms. The lowest BCUT2D eigenvalue weighted by molar-refractivity contribution is -0.138. The molecule has 8 heteroatoms. The molecule has 0 aliphatic rings. The summed E-state index contributed by atoms with van der Waals surface area (Å²) in [6.07, 6.45) is 0. The van der Waals surface area contributed by atoms with Crippen LogP contribution in [0, 0.1) is 11.6 Å². The van der Waals surface area contributed by atoms with Gasteiger partial charge in [0.25, 0.3) is 0 Å². The van der Waals surface area contributed by atoms with Crippen molar-refractivity contribution in [1.82, 2.24) is 4.72 Å². The number of sulfonamides is 1. The molecule has 0 fully saturated rings. The first-order valence-electron chi connectivity index (χ1n) is 4.44. The number of benzene rings is 1. The predicted molar refractivity (Wildman–Crippen MR) is 53.8 cm³/mol. The van der Waals surface area contributed by atoms with Gasteiger partial charge in [0.1, 0.15) is 22.6 Å². The van der Waals surface area contributed by atoms with E-state index >= 15 is 0 Å². The Morgan fingerprint density at radius 2 is 2.00 bits per heavy atom. The third-order valence-electron chi connectivity index (χ3n) is 1.89. The average molecular weight is 265 g/mol. The maximum Gasteiger partial charge on any atom is 0.321 e. The van der Waals surface area contributed by atoms with Gasteiger partial charge >= 0.3 is 5.97 Å². The van der Waals surface area contributed by atoms with Crippen LogP contribution in [-0.4, -0.2) is 25.5 Å². The van der Waals surface area contributed by atoms with Crippen molar-refractivity contribution in [3.05, 3.63) is 29.8 Å². The molecule has 0 heterocycles. The highest BCUT2D eigenvalue weighted by Crippen LogP contribution is 2.15. The third kappa shape index (κ3) is 3.21. The zero-order chi connectivity index (χ0) is 13.2. The Hall–Kier alpha value is -1.54. The van der Waals surface area contributed by atoms with Gasteiger partial charge in [-0.15, -0.1) is 0 Å². The molecule has 0 saturated heterocycles. The molecule has 0 saturated carbocycles. The van der Waals surface area contributed by atoms with Crippen LogP contribution in [0.25, 0.3) is 0 Å². The summed E-state index contributed by atoms with van der Waals surface area (Å²) in [4.78, 5) is 9.54. The number of aliphatic carboxylic acids is 1. The Morgan fingerprint density at radius 3 is 2.53 bits per heavy atom. The number of halogens is 2. The highest BCUT2D eigenvalue weighted by atomic mass is 32.2. The van der Waals surface area contributed by atoms with Crippen LogP contribution in [-0.2, 0) is 14.8 Å². The van der Waals surface area contributed by atoms with Gasteiger partial charge < -0.3 is 5.11 Å². The highest BCUT2D eigenvalue weighted by Gasteiger charge is 2.24. The van der Waals surface area contributed by atoms with E-state index in [1.54, 1.807) is 4.72 Å². The number of carboxylic acid groups (broad SMARTS) is 1. The molecule has 1 aromatic rings. The van der Waals surface area contributed by atoms with Gasteiger partial charge in [-0.25, -0.2) is 17.2 Å². The standard InChI is InChI=1S/C9H9F2NO4S/c1-5(9(13)14)12-17(15,16)8-4-6(10)2-3-7(8)11/h2-5,12H,1H3,(H,13,14)/t5-/m1/s1. The minimum Gasteiger partial charge on any atom is -0.480 e. The van der Waals surface area contributed by atoms with E-state index in [1.165, 1.54) is 0 Å². The number of carbonyl (C=O) groups is 1. The molecule has 0 aromatic heterocycles. The molecule has 0 amide bonds. The zero-order valence-corrected chi connectivity index (χ0v) is 9.46. The normalized spacial score (nSPS) is 13.4. The molecule has 2 N–H and O–H groups in total. The molecule has 1 rings (SSSR count). The summed E-state index contributed by atoms with van der Waals surface area (Å²) < 4.78 is 50.8. The van der Waals surface area contributed by atoms with Crippen LogP contribution in [0.4, 0.5) is 8.78 Å². The van der Waals surface area contributed by atoms with E-state index in [1.807, 2.05) is 0 Å². The largest absolute Gasteiger partial charge is 0.480 e. The van der Waals surface area contributed by atoms with Crippen LogP contribution in [0.2, 0.25) is 0 Å². The second-order valence-corrected chi connectivity index (χ2v) is 4.94. The van der Waals surface area contributed by atoms with Gasteiger partial charge in [-0.2, -0.15) is 4.72 Å². The van der Waals surface area contributed by atoms with Crippen molar-refractivity contribution in [3.8, 4) is 0 Å². The van der Waals surface area contributed by atoms with Crippen LogP contribution in [0.1, 0.15) is 6.92 Å². The summed E-state index contributed by atoms with van der Waals surface area (Å²) in [6, 6.07) is 0.443. The van der Waals surface area contributed by atoms with Crippen LogP contribution in [0.3, 0.4) is 0 Å². The fourth-order valence-electron chi connectivity index (χ4n) is 1.03. The first kappa shape index (κ1) is 13.5. The molecular formula is C9H9F2NO4S. The fourth-order valence-corrected chi connectivity index (χ4v) is 2.32. The van der Waals surface area contributed by atoms with Crippen LogP contribution >= 0.6 is 0 Å². The monoisotopic (exact) mass is 265 g/mol. The van der Waals surface area contributed by atoms with E-state index in [9.17, 15) is 22.0 Å². The fraction of sp³-hybridized carbons (Fsp3) is 0.222. The van der Waals surface area contributed by atoms with E-state index in [-0.39, 0.29) is 0 Å². The van der Waals surface area contributed by atoms with Crippen LogP contribution < -0.4 is 4.72 Å². The van der Waals surface area contributed by atoms with Gasteiger partial charge in [-0.1, -0.05) is 0 Å². The Balaban J connectivity index is 3.13. The first-order valence-corrected chi connectivity index (χ1v) is 5.92. The van der Waals surface area contributed by atoms with E-state index in [0.29, 0.717) is 12.1 Å². The molecule has 94 valence electrons. The second-order valence-electron chi connectivity index (χ2n) is 3.26. The third-order valence-corrected chi connectivity index (χ3v) is 3.44. The summed E-state index contributed by atoms with van der Waals surface area (Å²) in [5, 5.41) is 8.52. The van der Waals surface area contributed by atoms with Crippen molar-refractivity contribution < 1.29 is 27.1 Å². The Kier molecular flexibility index (Phi) is 3.79. The molecule has 1 atom stereocenters. The van der Waals surface area contributed by atoms with Crippen LogP contribution in [0.5, 0.6) is 0 Å². The SMILES string of the molecule is C[C@@H](NS(=O)(=O)c1cc(F)ccc1F)C(=O)O. The number of nitrogens with one attached hydrogen (secondary N) is 1. The molecule has 0 aliphatic carbocycles. The topological polar surface area (TPSA) is 83.5 Å². The number of rotatable bonds is 4. The summed E-state index contributed by atoms with van der Waals surface area (Å²) in [7, 11) is -4.40. The van der Waals surface area contributed by atoms with E-state index < -0.39 is 38.6 Å². The molecule has 0 spiro atoms. The molecule has 0 bridgehead atoms. The van der Waals surface area contributed by atoms with Crippen molar-refractivity contribution >= 4 is 16.0 Å². The van der Waals surface area contributed by atoms with E-state index in [0.717, 1.165) is 13.0 Å². The first-order chi connectivity index (χ1) is 7.74. The lowest BCUT2D eigenvalue weighted by Gasteiger charge is -2.10. The summed E-state index contributed by atoms with van der Waals surface area (Å²) in [5.74, 6) is -3.52. The van der Waals surface area contributed by atoms with E-state index in [4.69, 9.17) is 5.11 Å². The lowest BCUT2D eigenvalue weighted by Crippen LogP contribution is -2.38. The Morgan fingerprint density at radius 1 is 1.41 bits per heavy atom. The van der Waals surface area contributed by atoms with Gasteiger partial charge in [0.15, 0.2) is 0 Å². The van der Waals surface area contributed by atoms with Crippen molar-refractivity contribution in [3.63, 3.8) is 0 Å².